The smallest absolute Gasteiger partial charge is 0.278 e. The van der Waals surface area contributed by atoms with Crippen LogP contribution in [0.15, 0.2) is 10.6 Å². The molecule has 4 heterocycles. The molecule has 0 N–H and O–H groups in total. The second-order valence-electron chi connectivity index (χ2n) is 5.32. The van der Waals surface area contributed by atoms with Gasteiger partial charge in [0.15, 0.2) is 5.69 Å². The zero-order valence-corrected chi connectivity index (χ0v) is 12.8. The van der Waals surface area contributed by atoms with Crippen molar-refractivity contribution in [3.8, 4) is 23.0 Å². The minimum Gasteiger partial charge on any atom is -0.332 e. The van der Waals surface area contributed by atoms with Crippen molar-refractivity contribution in [2.75, 3.05) is 0 Å². The van der Waals surface area contributed by atoms with E-state index in [0.29, 0.717) is 11.7 Å². The Morgan fingerprint density at radius 3 is 2.95 bits per heavy atom. The number of hydrogen-bond acceptors (Lipinski definition) is 6. The number of aryl methyl sites for hydroxylation is 4. The van der Waals surface area contributed by atoms with Gasteiger partial charge in [0.05, 0.1) is 11.3 Å². The summed E-state index contributed by atoms with van der Waals surface area (Å²) in [5.41, 5.74) is 3.93. The van der Waals surface area contributed by atoms with E-state index in [1.807, 2.05) is 18.5 Å². The van der Waals surface area contributed by atoms with Crippen LogP contribution in [0.2, 0.25) is 0 Å². The summed E-state index contributed by atoms with van der Waals surface area (Å²) < 4.78 is 11.8. The molecular weight excluding hydrogens is 286 g/mol. The Balaban J connectivity index is 1.73. The van der Waals surface area contributed by atoms with Crippen molar-refractivity contribution in [3.63, 3.8) is 0 Å². The lowest BCUT2D eigenvalue weighted by Gasteiger charge is -2.11. The van der Waals surface area contributed by atoms with Gasteiger partial charge in [0, 0.05) is 17.1 Å². The van der Waals surface area contributed by atoms with Crippen LogP contribution in [0.3, 0.4) is 0 Å². The van der Waals surface area contributed by atoms with E-state index in [0.717, 1.165) is 34.8 Å². The molecule has 4 rings (SSSR count). The Bertz CT molecular complexity index is 757. The standard InChI is InChI=1S/C14H15N5OS/c1-8-12(9(2)21-18-8)13-15-14(20-17-13)11-7-10-5-3-4-6-19(10)16-11/h7H,3-6H2,1-2H3. The molecule has 0 radical (unpaired) electrons. The van der Waals surface area contributed by atoms with Crippen LogP contribution < -0.4 is 0 Å². The molecule has 0 amide bonds. The maximum Gasteiger partial charge on any atom is 0.278 e. The van der Waals surface area contributed by atoms with Crippen LogP contribution in [-0.4, -0.2) is 24.3 Å². The first-order chi connectivity index (χ1) is 10.2. The molecule has 0 aromatic carbocycles. The van der Waals surface area contributed by atoms with Crippen molar-refractivity contribution in [1.82, 2.24) is 24.3 Å². The van der Waals surface area contributed by atoms with E-state index in [9.17, 15) is 0 Å². The number of rotatable bonds is 2. The minimum absolute atomic E-state index is 0.483. The summed E-state index contributed by atoms with van der Waals surface area (Å²) in [5.74, 6) is 1.08. The molecular formula is C14H15N5OS. The highest BCUT2D eigenvalue weighted by Gasteiger charge is 2.20. The van der Waals surface area contributed by atoms with E-state index in [1.54, 1.807) is 0 Å². The molecule has 1 aliphatic heterocycles. The summed E-state index contributed by atoms with van der Waals surface area (Å²) in [7, 11) is 0. The van der Waals surface area contributed by atoms with E-state index in [1.165, 1.54) is 30.1 Å². The van der Waals surface area contributed by atoms with Crippen LogP contribution in [-0.2, 0) is 13.0 Å². The Kier molecular flexibility index (Phi) is 2.88. The molecule has 3 aromatic rings. The first-order valence-corrected chi connectivity index (χ1v) is 7.84. The first-order valence-electron chi connectivity index (χ1n) is 7.06. The summed E-state index contributed by atoms with van der Waals surface area (Å²) in [6, 6.07) is 2.06. The molecule has 21 heavy (non-hydrogen) atoms. The van der Waals surface area contributed by atoms with Gasteiger partial charge < -0.3 is 4.52 Å². The summed E-state index contributed by atoms with van der Waals surface area (Å²) >= 11 is 1.46. The average molecular weight is 301 g/mol. The molecule has 0 atom stereocenters. The van der Waals surface area contributed by atoms with Gasteiger partial charge in [-0.2, -0.15) is 14.5 Å². The molecule has 0 fully saturated rings. The third kappa shape index (κ3) is 2.08. The van der Waals surface area contributed by atoms with Crippen LogP contribution in [0, 0.1) is 13.8 Å². The summed E-state index contributed by atoms with van der Waals surface area (Å²) in [6.07, 6.45) is 3.47. The van der Waals surface area contributed by atoms with E-state index >= 15 is 0 Å². The van der Waals surface area contributed by atoms with Gasteiger partial charge in [-0.1, -0.05) is 5.16 Å². The van der Waals surface area contributed by atoms with Crippen LogP contribution in [0.25, 0.3) is 23.0 Å². The predicted octanol–water partition coefficient (Wildman–Crippen LogP) is 3.01. The quantitative estimate of drug-likeness (QED) is 0.727. The highest BCUT2D eigenvalue weighted by Crippen LogP contribution is 2.29. The third-order valence-electron chi connectivity index (χ3n) is 3.82. The monoisotopic (exact) mass is 301 g/mol. The molecule has 3 aromatic heterocycles. The Morgan fingerprint density at radius 2 is 2.19 bits per heavy atom. The molecule has 0 unspecified atom stereocenters. The van der Waals surface area contributed by atoms with E-state index in [4.69, 9.17) is 4.52 Å². The van der Waals surface area contributed by atoms with Gasteiger partial charge in [-0.3, -0.25) is 4.68 Å². The number of hydrogen-bond donors (Lipinski definition) is 0. The highest BCUT2D eigenvalue weighted by atomic mass is 32.1. The topological polar surface area (TPSA) is 69.6 Å². The molecule has 1 aliphatic rings. The van der Waals surface area contributed by atoms with Gasteiger partial charge >= 0.3 is 0 Å². The van der Waals surface area contributed by atoms with Crippen molar-refractivity contribution in [3.05, 3.63) is 22.3 Å². The number of aromatic nitrogens is 5. The summed E-state index contributed by atoms with van der Waals surface area (Å²) in [4.78, 5) is 5.60. The average Bonchev–Trinajstić information content (AvgIpc) is 3.17. The van der Waals surface area contributed by atoms with Gasteiger partial charge in [-0.15, -0.1) is 0 Å². The zero-order chi connectivity index (χ0) is 14.4. The van der Waals surface area contributed by atoms with Gasteiger partial charge in [-0.05, 0) is 50.7 Å². The van der Waals surface area contributed by atoms with Gasteiger partial charge in [0.2, 0.25) is 5.82 Å². The van der Waals surface area contributed by atoms with Crippen LogP contribution in [0.5, 0.6) is 0 Å². The lowest BCUT2D eigenvalue weighted by atomic mass is 10.1. The lowest BCUT2D eigenvalue weighted by molar-refractivity contribution is 0.428. The molecule has 0 spiro atoms. The van der Waals surface area contributed by atoms with Crippen molar-refractivity contribution in [1.29, 1.82) is 0 Å². The number of fused-ring (bicyclic) bond motifs is 1. The largest absolute Gasteiger partial charge is 0.332 e. The fraction of sp³-hybridized carbons (Fsp3) is 0.429. The fourth-order valence-corrected chi connectivity index (χ4v) is 3.45. The van der Waals surface area contributed by atoms with Crippen LogP contribution >= 0.6 is 11.5 Å². The zero-order valence-electron chi connectivity index (χ0n) is 12.0. The highest BCUT2D eigenvalue weighted by molar-refractivity contribution is 7.06. The second kappa shape index (κ2) is 4.77. The fourth-order valence-electron chi connectivity index (χ4n) is 2.75. The van der Waals surface area contributed by atoms with E-state index in [2.05, 4.69) is 25.7 Å². The first kappa shape index (κ1) is 12.7. The Hall–Kier alpha value is -2.02. The van der Waals surface area contributed by atoms with Gasteiger partial charge in [0.1, 0.15) is 0 Å². The maximum atomic E-state index is 5.40. The third-order valence-corrected chi connectivity index (χ3v) is 4.66. The Morgan fingerprint density at radius 1 is 1.29 bits per heavy atom. The maximum absolute atomic E-state index is 5.40. The van der Waals surface area contributed by atoms with Crippen molar-refractivity contribution < 1.29 is 4.52 Å². The molecule has 7 heteroatoms. The van der Waals surface area contributed by atoms with Crippen molar-refractivity contribution >= 4 is 11.5 Å². The molecule has 0 aliphatic carbocycles. The lowest BCUT2D eigenvalue weighted by Crippen LogP contribution is -2.10. The Labute approximate surface area is 126 Å². The predicted molar refractivity (Wildman–Crippen MR) is 79.0 cm³/mol. The molecule has 6 nitrogen and oxygen atoms in total. The van der Waals surface area contributed by atoms with Gasteiger partial charge in [0.25, 0.3) is 5.89 Å². The van der Waals surface area contributed by atoms with Crippen LogP contribution in [0.4, 0.5) is 0 Å². The van der Waals surface area contributed by atoms with Crippen LogP contribution in [0.1, 0.15) is 29.1 Å². The molecule has 0 bridgehead atoms. The summed E-state index contributed by atoms with van der Waals surface area (Å²) in [5, 5.41) is 8.66. The normalized spacial score (nSPS) is 14.4. The SMILES string of the molecule is Cc1nsc(C)c1-c1noc(-c2cc3n(n2)CCCC3)n1. The molecule has 108 valence electrons. The van der Waals surface area contributed by atoms with E-state index < -0.39 is 0 Å². The van der Waals surface area contributed by atoms with E-state index in [-0.39, 0.29) is 0 Å². The van der Waals surface area contributed by atoms with Crippen molar-refractivity contribution in [2.45, 2.75) is 39.7 Å². The second-order valence-corrected chi connectivity index (χ2v) is 6.30. The minimum atomic E-state index is 0.483. The van der Waals surface area contributed by atoms with Gasteiger partial charge in [-0.25, -0.2) is 0 Å². The molecule has 0 saturated carbocycles. The molecule has 0 saturated heterocycles. The van der Waals surface area contributed by atoms with Crippen molar-refractivity contribution in [2.24, 2.45) is 0 Å². The summed E-state index contributed by atoms with van der Waals surface area (Å²) in [6.45, 7) is 4.96. The number of nitrogens with zero attached hydrogens (tertiary/aromatic N) is 5.